The number of carbonyl (C=O) groups excluding carboxylic acids is 1. The van der Waals surface area contributed by atoms with E-state index >= 15 is 0 Å². The van der Waals surface area contributed by atoms with Gasteiger partial charge in [0.15, 0.2) is 5.78 Å². The van der Waals surface area contributed by atoms with Crippen molar-refractivity contribution in [2.45, 2.75) is 25.7 Å². The van der Waals surface area contributed by atoms with Gasteiger partial charge in [-0.2, -0.15) is 0 Å². The van der Waals surface area contributed by atoms with Crippen LogP contribution in [0.25, 0.3) is 0 Å². The first-order chi connectivity index (χ1) is 7.83. The first kappa shape index (κ1) is 9.85. The number of furan rings is 1. The summed E-state index contributed by atoms with van der Waals surface area (Å²) in [7, 11) is 0. The van der Waals surface area contributed by atoms with Crippen molar-refractivity contribution < 1.29 is 9.21 Å². The molecular formula is C13H12O2S. The zero-order valence-electron chi connectivity index (χ0n) is 8.86. The van der Waals surface area contributed by atoms with Crippen LogP contribution in [0.2, 0.25) is 0 Å². The molecule has 2 aromatic heterocycles. The molecule has 1 aliphatic rings. The molecule has 1 aliphatic carbocycles. The van der Waals surface area contributed by atoms with Crippen molar-refractivity contribution in [1.29, 1.82) is 0 Å². The summed E-state index contributed by atoms with van der Waals surface area (Å²) < 4.78 is 4.96. The molecule has 2 heterocycles. The Hall–Kier alpha value is -1.35. The highest BCUT2D eigenvalue weighted by Gasteiger charge is 2.18. The maximum absolute atomic E-state index is 12.0. The summed E-state index contributed by atoms with van der Waals surface area (Å²) in [6, 6.07) is 3.93. The molecule has 0 aromatic carbocycles. The molecule has 0 radical (unpaired) electrons. The second-order valence-electron chi connectivity index (χ2n) is 4.14. The van der Waals surface area contributed by atoms with Crippen LogP contribution in [0, 0.1) is 0 Å². The smallest absolute Gasteiger partial charge is 0.177 e. The van der Waals surface area contributed by atoms with Crippen molar-refractivity contribution in [2.75, 3.05) is 0 Å². The Morgan fingerprint density at radius 3 is 3.12 bits per heavy atom. The molecular weight excluding hydrogens is 220 g/mol. The molecule has 16 heavy (non-hydrogen) atoms. The van der Waals surface area contributed by atoms with Gasteiger partial charge in [-0.15, -0.1) is 11.3 Å². The zero-order valence-corrected chi connectivity index (χ0v) is 9.68. The van der Waals surface area contributed by atoms with E-state index in [0.717, 1.165) is 23.3 Å². The van der Waals surface area contributed by atoms with Crippen molar-refractivity contribution >= 4 is 17.1 Å². The number of Topliss-reactive ketones (excluding diaryl/α,β-unsaturated/α-hetero) is 1. The number of rotatable bonds is 3. The van der Waals surface area contributed by atoms with E-state index in [-0.39, 0.29) is 5.78 Å². The Kier molecular flexibility index (Phi) is 2.40. The van der Waals surface area contributed by atoms with E-state index in [0.29, 0.717) is 6.42 Å². The van der Waals surface area contributed by atoms with Gasteiger partial charge in [-0.3, -0.25) is 4.79 Å². The lowest BCUT2D eigenvalue weighted by Crippen LogP contribution is -1.99. The molecule has 0 fully saturated rings. The Morgan fingerprint density at radius 1 is 1.44 bits per heavy atom. The average molecular weight is 232 g/mol. The number of aryl methyl sites for hydroxylation is 2. The normalized spacial score (nSPS) is 14.0. The van der Waals surface area contributed by atoms with Crippen LogP contribution in [-0.2, 0) is 19.3 Å². The summed E-state index contributed by atoms with van der Waals surface area (Å²) in [5.41, 5.74) is 2.35. The second kappa shape index (κ2) is 3.91. The van der Waals surface area contributed by atoms with Crippen molar-refractivity contribution in [3.05, 3.63) is 45.5 Å². The maximum atomic E-state index is 12.0. The molecule has 82 valence electrons. The highest BCUT2D eigenvalue weighted by Crippen LogP contribution is 2.31. The van der Waals surface area contributed by atoms with Gasteiger partial charge in [0.1, 0.15) is 0 Å². The van der Waals surface area contributed by atoms with Gasteiger partial charge in [0.05, 0.1) is 17.4 Å². The standard InChI is InChI=1S/C13H12O2S/c14-11(6-9-4-5-15-8-9)13-7-10-2-1-3-12(10)16-13/h4-5,7-8H,1-3,6H2. The summed E-state index contributed by atoms with van der Waals surface area (Å²) in [5.74, 6) is 0.209. The number of carbonyl (C=O) groups is 1. The minimum absolute atomic E-state index is 0.209. The van der Waals surface area contributed by atoms with E-state index in [4.69, 9.17) is 4.42 Å². The summed E-state index contributed by atoms with van der Waals surface area (Å²) in [6.07, 6.45) is 7.24. The third-order valence-corrected chi connectivity index (χ3v) is 4.24. The van der Waals surface area contributed by atoms with E-state index in [1.54, 1.807) is 23.9 Å². The highest BCUT2D eigenvalue weighted by atomic mass is 32.1. The Labute approximate surface area is 97.9 Å². The van der Waals surface area contributed by atoms with Gasteiger partial charge in [-0.25, -0.2) is 0 Å². The second-order valence-corrected chi connectivity index (χ2v) is 5.28. The minimum atomic E-state index is 0.209. The fourth-order valence-electron chi connectivity index (χ4n) is 2.13. The van der Waals surface area contributed by atoms with Gasteiger partial charge in [-0.1, -0.05) is 0 Å². The van der Waals surface area contributed by atoms with Crippen LogP contribution in [0.3, 0.4) is 0 Å². The quantitative estimate of drug-likeness (QED) is 0.760. The molecule has 0 atom stereocenters. The molecule has 3 rings (SSSR count). The van der Waals surface area contributed by atoms with Crippen LogP contribution in [0.15, 0.2) is 29.1 Å². The number of hydrogen-bond acceptors (Lipinski definition) is 3. The summed E-state index contributed by atoms with van der Waals surface area (Å²) in [4.78, 5) is 14.3. The van der Waals surface area contributed by atoms with Crippen LogP contribution in [0.4, 0.5) is 0 Å². The predicted molar refractivity (Wildman–Crippen MR) is 63.1 cm³/mol. The highest BCUT2D eigenvalue weighted by molar-refractivity contribution is 7.14. The first-order valence-electron chi connectivity index (χ1n) is 5.49. The van der Waals surface area contributed by atoms with Crippen molar-refractivity contribution in [1.82, 2.24) is 0 Å². The number of ketones is 1. The third kappa shape index (κ3) is 1.71. The van der Waals surface area contributed by atoms with Gasteiger partial charge < -0.3 is 4.42 Å². The largest absolute Gasteiger partial charge is 0.472 e. The number of fused-ring (bicyclic) bond motifs is 1. The molecule has 0 N–H and O–H groups in total. The van der Waals surface area contributed by atoms with Crippen molar-refractivity contribution in [3.8, 4) is 0 Å². The molecule has 2 nitrogen and oxygen atoms in total. The fraction of sp³-hybridized carbons (Fsp3) is 0.308. The Bertz CT molecular complexity index is 487. The Balaban J connectivity index is 1.79. The summed E-state index contributed by atoms with van der Waals surface area (Å²) in [6.45, 7) is 0. The van der Waals surface area contributed by atoms with E-state index in [2.05, 4.69) is 6.07 Å². The van der Waals surface area contributed by atoms with Gasteiger partial charge in [0.2, 0.25) is 0 Å². The third-order valence-electron chi connectivity index (χ3n) is 2.97. The van der Waals surface area contributed by atoms with Crippen LogP contribution < -0.4 is 0 Å². The summed E-state index contributed by atoms with van der Waals surface area (Å²) in [5, 5.41) is 0. The predicted octanol–water partition coefficient (Wildman–Crippen LogP) is 3.26. The van der Waals surface area contributed by atoms with Crippen LogP contribution in [0.5, 0.6) is 0 Å². The first-order valence-corrected chi connectivity index (χ1v) is 6.30. The van der Waals surface area contributed by atoms with Crippen molar-refractivity contribution in [3.63, 3.8) is 0 Å². The number of hydrogen-bond donors (Lipinski definition) is 0. The zero-order chi connectivity index (χ0) is 11.0. The Morgan fingerprint density at radius 2 is 2.38 bits per heavy atom. The lowest BCUT2D eigenvalue weighted by atomic mass is 10.1. The molecule has 2 aromatic rings. The van der Waals surface area contributed by atoms with Gasteiger partial charge in [0.25, 0.3) is 0 Å². The molecule has 0 amide bonds. The fourth-order valence-corrected chi connectivity index (χ4v) is 3.32. The molecule has 0 aliphatic heterocycles. The van der Waals surface area contributed by atoms with Crippen LogP contribution in [0.1, 0.15) is 32.1 Å². The van der Waals surface area contributed by atoms with Gasteiger partial charge in [-0.05, 0) is 42.5 Å². The minimum Gasteiger partial charge on any atom is -0.472 e. The molecule has 0 unspecified atom stereocenters. The van der Waals surface area contributed by atoms with E-state index < -0.39 is 0 Å². The van der Waals surface area contributed by atoms with Gasteiger partial charge in [0, 0.05) is 11.3 Å². The van der Waals surface area contributed by atoms with E-state index in [9.17, 15) is 4.79 Å². The monoisotopic (exact) mass is 232 g/mol. The summed E-state index contributed by atoms with van der Waals surface area (Å²) >= 11 is 1.67. The lowest BCUT2D eigenvalue weighted by molar-refractivity contribution is 0.0996. The topological polar surface area (TPSA) is 30.2 Å². The number of thiophene rings is 1. The van der Waals surface area contributed by atoms with Gasteiger partial charge >= 0.3 is 0 Å². The van der Waals surface area contributed by atoms with E-state index in [1.165, 1.54) is 16.9 Å². The van der Waals surface area contributed by atoms with Crippen LogP contribution >= 0.6 is 11.3 Å². The maximum Gasteiger partial charge on any atom is 0.177 e. The molecule has 0 bridgehead atoms. The lowest BCUT2D eigenvalue weighted by Gasteiger charge is -1.94. The molecule has 0 spiro atoms. The molecule has 0 saturated carbocycles. The van der Waals surface area contributed by atoms with E-state index in [1.807, 2.05) is 6.07 Å². The van der Waals surface area contributed by atoms with Crippen LogP contribution in [-0.4, -0.2) is 5.78 Å². The van der Waals surface area contributed by atoms with Crippen molar-refractivity contribution in [2.24, 2.45) is 0 Å². The molecule has 0 saturated heterocycles. The average Bonchev–Trinajstić information content (AvgIpc) is 2.91. The SMILES string of the molecule is O=C(Cc1ccoc1)c1cc2c(s1)CCC2. The molecule has 3 heteroatoms.